The fourth-order valence-electron chi connectivity index (χ4n) is 4.02. The van der Waals surface area contributed by atoms with Crippen molar-refractivity contribution in [1.29, 1.82) is 0 Å². The van der Waals surface area contributed by atoms with Crippen LogP contribution in [0.4, 0.5) is 5.69 Å². The van der Waals surface area contributed by atoms with E-state index in [1.807, 2.05) is 30.3 Å². The van der Waals surface area contributed by atoms with E-state index in [1.165, 1.54) is 25.1 Å². The van der Waals surface area contributed by atoms with E-state index in [-0.39, 0.29) is 36.3 Å². The summed E-state index contributed by atoms with van der Waals surface area (Å²) in [5.41, 5.74) is 1.14. The highest BCUT2D eigenvalue weighted by molar-refractivity contribution is 5.96. The van der Waals surface area contributed by atoms with Crippen LogP contribution in [0.5, 0.6) is 11.5 Å². The Balaban J connectivity index is 1.34. The van der Waals surface area contributed by atoms with Crippen molar-refractivity contribution in [3.8, 4) is 11.5 Å². The number of hydrogen-bond acceptors (Lipinski definition) is 6. The number of aryl methyl sites for hydroxylation is 1. The quantitative estimate of drug-likeness (QED) is 0.564. The van der Waals surface area contributed by atoms with Crippen molar-refractivity contribution < 1.29 is 19.1 Å². The molecule has 0 saturated carbocycles. The molecule has 1 saturated heterocycles. The lowest BCUT2D eigenvalue weighted by Gasteiger charge is -2.17. The number of anilines is 1. The number of carbonyl (C=O) groups is 2. The van der Waals surface area contributed by atoms with Gasteiger partial charge in [-0.25, -0.2) is 4.98 Å². The van der Waals surface area contributed by atoms with Gasteiger partial charge in [0.05, 0.1) is 37.5 Å². The van der Waals surface area contributed by atoms with Gasteiger partial charge in [-0.3, -0.25) is 19.0 Å². The Labute approximate surface area is 190 Å². The van der Waals surface area contributed by atoms with Crippen LogP contribution in [-0.2, 0) is 16.1 Å². The van der Waals surface area contributed by atoms with Gasteiger partial charge < -0.3 is 19.7 Å². The molecule has 0 radical (unpaired) electrons. The second-order valence-corrected chi connectivity index (χ2v) is 7.88. The molecule has 33 heavy (non-hydrogen) atoms. The lowest BCUT2D eigenvalue weighted by atomic mass is 10.2. The van der Waals surface area contributed by atoms with Gasteiger partial charge in [0.15, 0.2) is 11.5 Å². The molecule has 9 heteroatoms. The second-order valence-electron chi connectivity index (χ2n) is 7.88. The van der Waals surface area contributed by atoms with E-state index in [0.717, 1.165) is 5.69 Å². The number of rotatable bonds is 8. The molecule has 172 valence electrons. The molecule has 3 aromatic rings. The molecule has 1 aliphatic rings. The minimum atomic E-state index is -0.224. The molecular weight excluding hydrogens is 424 g/mol. The predicted molar refractivity (Wildman–Crippen MR) is 124 cm³/mol. The topological polar surface area (TPSA) is 103 Å². The van der Waals surface area contributed by atoms with E-state index in [2.05, 4.69) is 10.3 Å². The van der Waals surface area contributed by atoms with E-state index in [9.17, 15) is 14.4 Å². The summed E-state index contributed by atoms with van der Waals surface area (Å²) < 4.78 is 12.0. The smallest absolute Gasteiger partial charge is 0.261 e. The fraction of sp³-hybridized carbons (Fsp3) is 0.333. The van der Waals surface area contributed by atoms with E-state index >= 15 is 0 Å². The van der Waals surface area contributed by atoms with Crippen molar-refractivity contribution in [2.75, 3.05) is 25.7 Å². The second kappa shape index (κ2) is 9.72. The number of nitrogens with zero attached hydrogens (tertiary/aromatic N) is 3. The third kappa shape index (κ3) is 4.82. The van der Waals surface area contributed by atoms with Gasteiger partial charge in [0, 0.05) is 37.7 Å². The molecule has 0 aliphatic carbocycles. The van der Waals surface area contributed by atoms with Gasteiger partial charge in [-0.2, -0.15) is 0 Å². The van der Waals surface area contributed by atoms with Gasteiger partial charge in [-0.05, 0) is 24.6 Å². The largest absolute Gasteiger partial charge is 0.493 e. The number of methoxy groups -OCH3 is 2. The van der Waals surface area contributed by atoms with E-state index in [1.54, 1.807) is 17.0 Å². The molecule has 0 bridgehead atoms. The van der Waals surface area contributed by atoms with Crippen LogP contribution in [0.25, 0.3) is 10.9 Å². The predicted octanol–water partition coefficient (Wildman–Crippen LogP) is 2.12. The summed E-state index contributed by atoms with van der Waals surface area (Å²) in [6.07, 6.45) is 2.46. The summed E-state index contributed by atoms with van der Waals surface area (Å²) in [5, 5.41) is 3.35. The molecule has 1 N–H and O–H groups in total. The first kappa shape index (κ1) is 22.3. The van der Waals surface area contributed by atoms with Gasteiger partial charge in [0.1, 0.15) is 0 Å². The summed E-state index contributed by atoms with van der Waals surface area (Å²) in [6, 6.07) is 12.5. The van der Waals surface area contributed by atoms with Crippen LogP contribution < -0.4 is 25.2 Å². The van der Waals surface area contributed by atoms with Crippen LogP contribution >= 0.6 is 0 Å². The number of ether oxygens (including phenoxy) is 2. The van der Waals surface area contributed by atoms with Crippen LogP contribution in [0, 0.1) is 0 Å². The number of hydrogen-bond donors (Lipinski definition) is 1. The Bertz CT molecular complexity index is 1220. The number of nitrogens with one attached hydrogen (secondary N) is 1. The SMILES string of the molecule is COc1cc2ncn(CCCC(=O)N[C@@H]3CC(=O)N(c4ccccc4)C3)c(=O)c2cc1OC. The Morgan fingerprint density at radius 2 is 1.85 bits per heavy atom. The van der Waals surface area contributed by atoms with Crippen molar-refractivity contribution >= 4 is 28.4 Å². The zero-order valence-corrected chi connectivity index (χ0v) is 18.6. The van der Waals surface area contributed by atoms with Gasteiger partial charge in [0.2, 0.25) is 11.8 Å². The monoisotopic (exact) mass is 450 g/mol. The zero-order valence-electron chi connectivity index (χ0n) is 18.6. The molecule has 2 heterocycles. The maximum absolute atomic E-state index is 12.8. The summed E-state index contributed by atoms with van der Waals surface area (Å²) in [7, 11) is 3.03. The van der Waals surface area contributed by atoms with Crippen LogP contribution in [-0.4, -0.2) is 48.2 Å². The average Bonchev–Trinajstić information content (AvgIpc) is 3.20. The first-order valence-electron chi connectivity index (χ1n) is 10.8. The molecule has 1 atom stereocenters. The summed E-state index contributed by atoms with van der Waals surface area (Å²) in [6.45, 7) is 0.803. The summed E-state index contributed by atoms with van der Waals surface area (Å²) in [5.74, 6) is 0.808. The molecule has 1 aromatic heterocycles. The van der Waals surface area contributed by atoms with Crippen LogP contribution in [0.15, 0.2) is 53.6 Å². The Morgan fingerprint density at radius 3 is 2.58 bits per heavy atom. The van der Waals surface area contributed by atoms with E-state index in [4.69, 9.17) is 9.47 Å². The highest BCUT2D eigenvalue weighted by Crippen LogP contribution is 2.29. The Hall–Kier alpha value is -3.88. The van der Waals surface area contributed by atoms with Crippen LogP contribution in [0.2, 0.25) is 0 Å². The van der Waals surface area contributed by atoms with Crippen molar-refractivity contribution in [3.05, 3.63) is 59.1 Å². The molecule has 4 rings (SSSR count). The molecule has 2 amide bonds. The van der Waals surface area contributed by atoms with Gasteiger partial charge in [0.25, 0.3) is 5.56 Å². The first-order valence-corrected chi connectivity index (χ1v) is 10.8. The maximum Gasteiger partial charge on any atom is 0.261 e. The van der Waals surface area contributed by atoms with Crippen molar-refractivity contribution in [2.45, 2.75) is 31.8 Å². The lowest BCUT2D eigenvalue weighted by Crippen LogP contribution is -2.37. The number of fused-ring (bicyclic) bond motifs is 1. The maximum atomic E-state index is 12.8. The lowest BCUT2D eigenvalue weighted by molar-refractivity contribution is -0.121. The molecule has 2 aromatic carbocycles. The highest BCUT2D eigenvalue weighted by atomic mass is 16.5. The number of aromatic nitrogens is 2. The zero-order chi connectivity index (χ0) is 23.4. The molecule has 0 spiro atoms. The Kier molecular flexibility index (Phi) is 6.58. The minimum Gasteiger partial charge on any atom is -0.493 e. The van der Waals surface area contributed by atoms with Crippen LogP contribution in [0.1, 0.15) is 19.3 Å². The first-order chi connectivity index (χ1) is 16.0. The number of benzene rings is 2. The normalized spacial score (nSPS) is 15.6. The number of amides is 2. The molecular formula is C24H26N4O5. The summed E-state index contributed by atoms with van der Waals surface area (Å²) >= 11 is 0. The third-order valence-electron chi connectivity index (χ3n) is 5.69. The molecule has 1 fully saturated rings. The minimum absolute atomic E-state index is 0.00708. The fourth-order valence-corrected chi connectivity index (χ4v) is 4.02. The Morgan fingerprint density at radius 1 is 1.12 bits per heavy atom. The molecule has 1 aliphatic heterocycles. The van der Waals surface area contributed by atoms with Crippen molar-refractivity contribution in [1.82, 2.24) is 14.9 Å². The van der Waals surface area contributed by atoms with Gasteiger partial charge in [-0.1, -0.05) is 18.2 Å². The van der Waals surface area contributed by atoms with E-state index < -0.39 is 0 Å². The number of para-hydroxylation sites is 1. The molecule has 9 nitrogen and oxygen atoms in total. The highest BCUT2D eigenvalue weighted by Gasteiger charge is 2.31. The standard InChI is InChI=1S/C24H26N4O5/c1-32-20-12-18-19(13-21(20)33-2)25-15-27(24(18)31)10-6-9-22(29)26-16-11-23(30)28(14-16)17-7-4-3-5-8-17/h3-5,7-8,12-13,15-16H,6,9-11,14H2,1-2H3,(H,26,29)/t16-/m1/s1. The third-order valence-corrected chi connectivity index (χ3v) is 5.69. The summed E-state index contributed by atoms with van der Waals surface area (Å²) in [4.78, 5) is 43.6. The van der Waals surface area contributed by atoms with E-state index in [0.29, 0.717) is 41.9 Å². The molecule has 0 unspecified atom stereocenters. The number of carbonyl (C=O) groups excluding carboxylic acids is 2. The van der Waals surface area contributed by atoms with Crippen LogP contribution in [0.3, 0.4) is 0 Å². The van der Waals surface area contributed by atoms with Crippen molar-refractivity contribution in [2.24, 2.45) is 0 Å². The van der Waals surface area contributed by atoms with Gasteiger partial charge in [-0.15, -0.1) is 0 Å². The van der Waals surface area contributed by atoms with Gasteiger partial charge >= 0.3 is 0 Å². The van der Waals surface area contributed by atoms with Crippen molar-refractivity contribution in [3.63, 3.8) is 0 Å². The average molecular weight is 450 g/mol.